The predicted octanol–water partition coefficient (Wildman–Crippen LogP) is 2.28. The number of aryl methyl sites for hydroxylation is 1. The van der Waals surface area contributed by atoms with Crippen molar-refractivity contribution in [2.24, 2.45) is 0 Å². The summed E-state index contributed by atoms with van der Waals surface area (Å²) in [6, 6.07) is 8.19. The molecule has 2 rings (SSSR count). The van der Waals surface area contributed by atoms with Crippen LogP contribution in [0.4, 0.5) is 5.69 Å². The van der Waals surface area contributed by atoms with E-state index in [0.29, 0.717) is 0 Å². The molecule has 92 valence electrons. The molecule has 0 saturated heterocycles. The highest BCUT2D eigenvalue weighted by atomic mass is 16.2. The SMILES string of the molecule is CCN(CC)C(=O)[C@H]1CCc2ccccc2N1. The number of nitrogens with one attached hydrogen (secondary N) is 1. The normalized spacial score (nSPS) is 18.1. The van der Waals surface area contributed by atoms with E-state index in [0.717, 1.165) is 31.6 Å². The van der Waals surface area contributed by atoms with Crippen LogP contribution in [0.2, 0.25) is 0 Å². The van der Waals surface area contributed by atoms with E-state index in [1.165, 1.54) is 5.56 Å². The minimum atomic E-state index is -0.0511. The number of para-hydroxylation sites is 1. The molecule has 1 N–H and O–H groups in total. The molecule has 0 fully saturated rings. The molecule has 0 unspecified atom stereocenters. The lowest BCUT2D eigenvalue weighted by molar-refractivity contribution is -0.131. The van der Waals surface area contributed by atoms with Crippen molar-refractivity contribution < 1.29 is 4.79 Å². The van der Waals surface area contributed by atoms with Gasteiger partial charge in [-0.15, -0.1) is 0 Å². The number of likely N-dealkylation sites (N-methyl/N-ethyl adjacent to an activating group) is 1. The number of hydrogen-bond donors (Lipinski definition) is 1. The molecule has 0 bridgehead atoms. The maximum Gasteiger partial charge on any atom is 0.245 e. The number of nitrogens with zero attached hydrogens (tertiary/aromatic N) is 1. The first-order valence-corrected chi connectivity index (χ1v) is 6.39. The highest BCUT2D eigenvalue weighted by Crippen LogP contribution is 2.24. The van der Waals surface area contributed by atoms with E-state index in [1.807, 2.05) is 30.9 Å². The van der Waals surface area contributed by atoms with Crippen molar-refractivity contribution in [3.05, 3.63) is 29.8 Å². The Morgan fingerprint density at radius 1 is 1.35 bits per heavy atom. The molecule has 1 aliphatic rings. The Morgan fingerprint density at radius 3 is 2.76 bits per heavy atom. The molecular formula is C14H20N2O. The first kappa shape index (κ1) is 12.0. The third-order valence-corrected chi connectivity index (χ3v) is 3.42. The Kier molecular flexibility index (Phi) is 3.67. The van der Waals surface area contributed by atoms with Crippen LogP contribution in [0, 0.1) is 0 Å². The fourth-order valence-corrected chi connectivity index (χ4v) is 2.38. The van der Waals surface area contributed by atoms with Crippen molar-refractivity contribution in [3.8, 4) is 0 Å². The van der Waals surface area contributed by atoms with Gasteiger partial charge < -0.3 is 10.2 Å². The van der Waals surface area contributed by atoms with Crippen LogP contribution >= 0.6 is 0 Å². The van der Waals surface area contributed by atoms with Crippen LogP contribution in [0.15, 0.2) is 24.3 Å². The van der Waals surface area contributed by atoms with Gasteiger partial charge in [-0.05, 0) is 38.3 Å². The van der Waals surface area contributed by atoms with Crippen molar-refractivity contribution in [1.29, 1.82) is 0 Å². The van der Waals surface area contributed by atoms with E-state index in [-0.39, 0.29) is 11.9 Å². The van der Waals surface area contributed by atoms with Gasteiger partial charge in [0.25, 0.3) is 0 Å². The van der Waals surface area contributed by atoms with Gasteiger partial charge in [-0.3, -0.25) is 4.79 Å². The first-order chi connectivity index (χ1) is 8.26. The van der Waals surface area contributed by atoms with Gasteiger partial charge >= 0.3 is 0 Å². The average Bonchev–Trinajstić information content (AvgIpc) is 2.39. The van der Waals surface area contributed by atoms with Crippen LogP contribution in [0.3, 0.4) is 0 Å². The van der Waals surface area contributed by atoms with Crippen molar-refractivity contribution in [2.75, 3.05) is 18.4 Å². The average molecular weight is 232 g/mol. The van der Waals surface area contributed by atoms with E-state index in [9.17, 15) is 4.79 Å². The number of carbonyl (C=O) groups is 1. The van der Waals surface area contributed by atoms with Gasteiger partial charge in [0.2, 0.25) is 5.91 Å². The van der Waals surface area contributed by atoms with Gasteiger partial charge in [0.05, 0.1) is 0 Å². The Bertz CT molecular complexity index is 399. The number of amides is 1. The topological polar surface area (TPSA) is 32.3 Å². The molecule has 0 radical (unpaired) electrons. The summed E-state index contributed by atoms with van der Waals surface area (Å²) in [5, 5.41) is 3.35. The lowest BCUT2D eigenvalue weighted by Crippen LogP contribution is -2.44. The molecule has 0 aromatic heterocycles. The van der Waals surface area contributed by atoms with Crippen molar-refractivity contribution in [1.82, 2.24) is 4.90 Å². The minimum absolute atomic E-state index is 0.0511. The van der Waals surface area contributed by atoms with Crippen LogP contribution in [0.1, 0.15) is 25.8 Å². The summed E-state index contributed by atoms with van der Waals surface area (Å²) in [7, 11) is 0. The molecule has 0 spiro atoms. The van der Waals surface area contributed by atoms with Crippen LogP contribution in [-0.2, 0) is 11.2 Å². The van der Waals surface area contributed by atoms with Crippen molar-refractivity contribution >= 4 is 11.6 Å². The van der Waals surface area contributed by atoms with Crippen LogP contribution in [0.25, 0.3) is 0 Å². The van der Waals surface area contributed by atoms with Gasteiger partial charge in [-0.1, -0.05) is 18.2 Å². The highest BCUT2D eigenvalue weighted by molar-refractivity contribution is 5.85. The van der Waals surface area contributed by atoms with E-state index >= 15 is 0 Å². The summed E-state index contributed by atoms with van der Waals surface area (Å²) in [6.45, 7) is 5.63. The van der Waals surface area contributed by atoms with Gasteiger partial charge in [0.15, 0.2) is 0 Å². The van der Waals surface area contributed by atoms with Gasteiger partial charge in [-0.25, -0.2) is 0 Å². The zero-order valence-corrected chi connectivity index (χ0v) is 10.6. The molecule has 1 amide bonds. The minimum Gasteiger partial charge on any atom is -0.373 e. The van der Waals surface area contributed by atoms with Crippen molar-refractivity contribution in [3.63, 3.8) is 0 Å². The number of fused-ring (bicyclic) bond motifs is 1. The number of hydrogen-bond acceptors (Lipinski definition) is 2. The Balaban J connectivity index is 2.09. The second kappa shape index (κ2) is 5.21. The maximum absolute atomic E-state index is 12.2. The number of benzene rings is 1. The molecule has 17 heavy (non-hydrogen) atoms. The Hall–Kier alpha value is -1.51. The zero-order chi connectivity index (χ0) is 12.3. The fourth-order valence-electron chi connectivity index (χ4n) is 2.38. The first-order valence-electron chi connectivity index (χ1n) is 6.39. The summed E-state index contributed by atoms with van der Waals surface area (Å²) in [5.74, 6) is 0.226. The number of rotatable bonds is 3. The molecule has 1 atom stereocenters. The lowest BCUT2D eigenvalue weighted by atomic mass is 9.97. The summed E-state index contributed by atoms with van der Waals surface area (Å²) in [6.07, 6.45) is 1.88. The molecular weight excluding hydrogens is 212 g/mol. The third kappa shape index (κ3) is 2.43. The molecule has 0 saturated carbocycles. The Labute approximate surface area is 103 Å². The fraction of sp³-hybridized carbons (Fsp3) is 0.500. The maximum atomic E-state index is 12.2. The standard InChI is InChI=1S/C14H20N2O/c1-3-16(4-2)14(17)13-10-9-11-7-5-6-8-12(11)15-13/h5-8,13,15H,3-4,9-10H2,1-2H3/t13-/m1/s1. The largest absolute Gasteiger partial charge is 0.373 e. The predicted molar refractivity (Wildman–Crippen MR) is 70.1 cm³/mol. The molecule has 0 aliphatic carbocycles. The molecule has 1 aromatic carbocycles. The smallest absolute Gasteiger partial charge is 0.245 e. The summed E-state index contributed by atoms with van der Waals surface area (Å²) < 4.78 is 0. The van der Waals surface area contributed by atoms with Crippen LogP contribution < -0.4 is 5.32 Å². The van der Waals surface area contributed by atoms with Crippen molar-refractivity contribution in [2.45, 2.75) is 32.7 Å². The van der Waals surface area contributed by atoms with Gasteiger partial charge in [0.1, 0.15) is 6.04 Å². The third-order valence-electron chi connectivity index (χ3n) is 3.42. The second-order valence-corrected chi connectivity index (χ2v) is 4.40. The van der Waals surface area contributed by atoms with E-state index in [4.69, 9.17) is 0 Å². The second-order valence-electron chi connectivity index (χ2n) is 4.40. The summed E-state index contributed by atoms with van der Waals surface area (Å²) in [4.78, 5) is 14.1. The molecule has 1 heterocycles. The quantitative estimate of drug-likeness (QED) is 0.867. The van der Waals surface area contributed by atoms with Gasteiger partial charge in [-0.2, -0.15) is 0 Å². The van der Waals surface area contributed by atoms with E-state index in [1.54, 1.807) is 0 Å². The zero-order valence-electron chi connectivity index (χ0n) is 10.6. The summed E-state index contributed by atoms with van der Waals surface area (Å²) >= 11 is 0. The van der Waals surface area contributed by atoms with Crippen LogP contribution in [0.5, 0.6) is 0 Å². The van der Waals surface area contributed by atoms with Crippen LogP contribution in [-0.4, -0.2) is 29.9 Å². The molecule has 3 heteroatoms. The molecule has 1 aliphatic heterocycles. The van der Waals surface area contributed by atoms with E-state index < -0.39 is 0 Å². The summed E-state index contributed by atoms with van der Waals surface area (Å²) in [5.41, 5.74) is 2.43. The van der Waals surface area contributed by atoms with E-state index in [2.05, 4.69) is 17.4 Å². The molecule has 3 nitrogen and oxygen atoms in total. The monoisotopic (exact) mass is 232 g/mol. The van der Waals surface area contributed by atoms with Gasteiger partial charge in [0, 0.05) is 18.8 Å². The lowest BCUT2D eigenvalue weighted by Gasteiger charge is -2.30. The highest BCUT2D eigenvalue weighted by Gasteiger charge is 2.26. The molecule has 1 aromatic rings. The Morgan fingerprint density at radius 2 is 2.06 bits per heavy atom. The number of anilines is 1. The number of carbonyl (C=O) groups excluding carboxylic acids is 1.